The molecule has 3 nitrogen and oxygen atoms in total. The van der Waals surface area contributed by atoms with E-state index in [4.69, 9.17) is 16.3 Å². The molecule has 0 aromatic heterocycles. The van der Waals surface area contributed by atoms with Crippen molar-refractivity contribution in [3.8, 4) is 11.1 Å². The predicted molar refractivity (Wildman–Crippen MR) is 90.2 cm³/mol. The fraction of sp³-hybridized carbons (Fsp3) is 0.278. The highest BCUT2D eigenvalue weighted by molar-refractivity contribution is 6.30. The zero-order valence-corrected chi connectivity index (χ0v) is 14.4. The summed E-state index contributed by atoms with van der Waals surface area (Å²) in [5.41, 5.74) is 2.38. The lowest BCUT2D eigenvalue weighted by Gasteiger charge is -2.23. The van der Waals surface area contributed by atoms with E-state index in [0.29, 0.717) is 10.6 Å². The molecule has 2 rings (SSSR count). The van der Waals surface area contributed by atoms with Crippen molar-refractivity contribution in [3.05, 3.63) is 59.1 Å². The molecule has 25 heavy (non-hydrogen) atoms. The molecule has 0 bridgehead atoms. The van der Waals surface area contributed by atoms with E-state index < -0.39 is 18.2 Å². The Morgan fingerprint density at radius 3 is 1.96 bits per heavy atom. The number of likely N-dealkylation sites (N-methyl/N-ethyl adjacent to an activating group) is 1. The van der Waals surface area contributed by atoms with Crippen LogP contribution in [0.5, 0.6) is 0 Å². The quantitative estimate of drug-likeness (QED) is 0.772. The van der Waals surface area contributed by atoms with Crippen LogP contribution in [0.4, 0.5) is 13.2 Å². The van der Waals surface area contributed by atoms with Gasteiger partial charge in [-0.3, -0.25) is 4.79 Å². The van der Waals surface area contributed by atoms with Crippen LogP contribution in [0.1, 0.15) is 5.56 Å². The van der Waals surface area contributed by atoms with Gasteiger partial charge < -0.3 is 9.64 Å². The molecule has 134 valence electrons. The van der Waals surface area contributed by atoms with Gasteiger partial charge in [-0.25, -0.2) is 0 Å². The number of hydrogen-bond donors (Lipinski definition) is 0. The van der Waals surface area contributed by atoms with Crippen LogP contribution in [0.25, 0.3) is 11.1 Å². The van der Waals surface area contributed by atoms with Gasteiger partial charge in [0, 0.05) is 19.1 Å². The van der Waals surface area contributed by atoms with Crippen LogP contribution >= 0.6 is 11.6 Å². The zero-order chi connectivity index (χ0) is 18.6. The van der Waals surface area contributed by atoms with Gasteiger partial charge in [-0.2, -0.15) is 13.2 Å². The van der Waals surface area contributed by atoms with Crippen molar-refractivity contribution in [2.24, 2.45) is 0 Å². The van der Waals surface area contributed by atoms with Gasteiger partial charge in [-0.05, 0) is 28.8 Å². The minimum absolute atomic E-state index is 0.315. The lowest BCUT2D eigenvalue weighted by atomic mass is 10.0. The minimum atomic E-state index is -4.76. The Labute approximate surface area is 149 Å². The second-order valence-electron chi connectivity index (χ2n) is 5.67. The molecule has 1 unspecified atom stereocenters. The summed E-state index contributed by atoms with van der Waals surface area (Å²) in [6.45, 7) is -0.315. The van der Waals surface area contributed by atoms with E-state index in [1.807, 2.05) is 12.1 Å². The lowest BCUT2D eigenvalue weighted by Crippen LogP contribution is -2.45. The van der Waals surface area contributed by atoms with Gasteiger partial charge in [0.2, 0.25) is 6.10 Å². The monoisotopic (exact) mass is 371 g/mol. The molecule has 0 heterocycles. The van der Waals surface area contributed by atoms with Crippen molar-refractivity contribution in [2.75, 3.05) is 14.1 Å². The maximum absolute atomic E-state index is 13.0. The molecule has 0 radical (unpaired) electrons. The molecule has 0 saturated heterocycles. The molecule has 2 aromatic rings. The molecular weight excluding hydrogens is 355 g/mol. The summed E-state index contributed by atoms with van der Waals surface area (Å²) in [5.74, 6) is -1.13. The second-order valence-corrected chi connectivity index (χ2v) is 6.11. The van der Waals surface area contributed by atoms with E-state index in [-0.39, 0.29) is 6.61 Å². The molecule has 7 heteroatoms. The second kappa shape index (κ2) is 7.89. The molecule has 0 saturated carbocycles. The number of alkyl halides is 3. The fourth-order valence-corrected chi connectivity index (χ4v) is 2.28. The largest absolute Gasteiger partial charge is 0.423 e. The van der Waals surface area contributed by atoms with E-state index in [9.17, 15) is 18.0 Å². The molecule has 0 spiro atoms. The molecule has 2 aromatic carbocycles. The smallest absolute Gasteiger partial charge is 0.355 e. The van der Waals surface area contributed by atoms with Crippen molar-refractivity contribution in [1.82, 2.24) is 4.90 Å². The van der Waals surface area contributed by atoms with Crippen LogP contribution in [0.2, 0.25) is 5.02 Å². The minimum Gasteiger partial charge on any atom is -0.355 e. The highest BCUT2D eigenvalue weighted by Gasteiger charge is 2.46. The van der Waals surface area contributed by atoms with Gasteiger partial charge in [0.25, 0.3) is 5.91 Å². The van der Waals surface area contributed by atoms with Crippen molar-refractivity contribution >= 4 is 17.5 Å². The van der Waals surface area contributed by atoms with Crippen molar-refractivity contribution in [1.29, 1.82) is 0 Å². The van der Waals surface area contributed by atoms with Crippen LogP contribution < -0.4 is 0 Å². The number of carbonyl (C=O) groups excluding carboxylic acids is 1. The first-order valence-electron chi connectivity index (χ1n) is 7.43. The maximum Gasteiger partial charge on any atom is 0.423 e. The van der Waals surface area contributed by atoms with Gasteiger partial charge in [-0.15, -0.1) is 0 Å². The Bertz CT molecular complexity index is 713. The van der Waals surface area contributed by atoms with Crippen LogP contribution in [0, 0.1) is 0 Å². The topological polar surface area (TPSA) is 29.5 Å². The highest BCUT2D eigenvalue weighted by atomic mass is 35.5. The number of halogens is 4. The molecule has 0 aliphatic heterocycles. The average molecular weight is 372 g/mol. The Hall–Kier alpha value is -2.05. The van der Waals surface area contributed by atoms with E-state index in [1.165, 1.54) is 14.1 Å². The van der Waals surface area contributed by atoms with Crippen LogP contribution in [0.15, 0.2) is 48.5 Å². The average Bonchev–Trinajstić information content (AvgIpc) is 2.55. The molecule has 0 fully saturated rings. The van der Waals surface area contributed by atoms with E-state index in [0.717, 1.165) is 16.0 Å². The van der Waals surface area contributed by atoms with Crippen LogP contribution in [0.3, 0.4) is 0 Å². The number of benzene rings is 2. The molecule has 0 aliphatic carbocycles. The lowest BCUT2D eigenvalue weighted by molar-refractivity contribution is -0.225. The third-order valence-corrected chi connectivity index (χ3v) is 3.76. The summed E-state index contributed by atoms with van der Waals surface area (Å²) in [7, 11) is 2.51. The SMILES string of the molecule is CN(C)C(=O)C(OCc1ccc(-c2ccc(Cl)cc2)cc1)C(F)(F)F. The van der Waals surface area contributed by atoms with E-state index in [1.54, 1.807) is 36.4 Å². The Morgan fingerprint density at radius 1 is 1.04 bits per heavy atom. The standard InChI is InChI=1S/C18H17ClF3NO2/c1-23(2)17(24)16(18(20,21)22)25-11-12-3-5-13(6-4-12)14-7-9-15(19)10-8-14/h3-10,16H,11H2,1-2H3. The first kappa shape index (κ1) is 19.3. The van der Waals surface area contributed by atoms with Gasteiger partial charge in [0.1, 0.15) is 0 Å². The summed E-state index contributed by atoms with van der Waals surface area (Å²) < 4.78 is 43.7. The number of carbonyl (C=O) groups is 1. The summed E-state index contributed by atoms with van der Waals surface area (Å²) in [6, 6.07) is 14.1. The van der Waals surface area contributed by atoms with Crippen molar-refractivity contribution in [2.45, 2.75) is 18.9 Å². The Balaban J connectivity index is 2.07. The van der Waals surface area contributed by atoms with Gasteiger partial charge in [0.15, 0.2) is 0 Å². The van der Waals surface area contributed by atoms with E-state index >= 15 is 0 Å². The Morgan fingerprint density at radius 2 is 1.52 bits per heavy atom. The van der Waals surface area contributed by atoms with Crippen LogP contribution in [-0.4, -0.2) is 37.2 Å². The number of nitrogens with zero attached hydrogens (tertiary/aromatic N) is 1. The molecule has 1 amide bonds. The molecule has 1 atom stereocenters. The summed E-state index contributed by atoms with van der Waals surface area (Å²) in [5, 5.41) is 0.623. The van der Waals surface area contributed by atoms with Gasteiger partial charge in [0.05, 0.1) is 6.61 Å². The zero-order valence-electron chi connectivity index (χ0n) is 13.7. The maximum atomic E-state index is 13.0. The predicted octanol–water partition coefficient (Wildman–Crippen LogP) is 4.54. The molecule has 0 aliphatic rings. The third-order valence-electron chi connectivity index (χ3n) is 3.51. The first-order valence-corrected chi connectivity index (χ1v) is 7.80. The van der Waals surface area contributed by atoms with Gasteiger partial charge >= 0.3 is 6.18 Å². The first-order chi connectivity index (χ1) is 11.7. The number of hydrogen-bond acceptors (Lipinski definition) is 2. The summed E-state index contributed by atoms with van der Waals surface area (Å²) >= 11 is 5.84. The summed E-state index contributed by atoms with van der Waals surface area (Å²) in [4.78, 5) is 12.5. The van der Waals surface area contributed by atoms with E-state index in [2.05, 4.69) is 0 Å². The highest BCUT2D eigenvalue weighted by Crippen LogP contribution is 2.26. The normalized spacial score (nSPS) is 12.7. The number of amides is 1. The van der Waals surface area contributed by atoms with Crippen molar-refractivity contribution in [3.63, 3.8) is 0 Å². The molecular formula is C18H17ClF3NO2. The number of ether oxygens (including phenoxy) is 1. The summed E-state index contributed by atoms with van der Waals surface area (Å²) in [6.07, 6.45) is -7.23. The van der Waals surface area contributed by atoms with Gasteiger partial charge in [-0.1, -0.05) is 48.0 Å². The Kier molecular flexibility index (Phi) is 6.08. The van der Waals surface area contributed by atoms with Crippen molar-refractivity contribution < 1.29 is 22.7 Å². The van der Waals surface area contributed by atoms with Crippen LogP contribution in [-0.2, 0) is 16.1 Å². The third kappa shape index (κ3) is 5.21. The fourth-order valence-electron chi connectivity index (χ4n) is 2.16. The molecule has 0 N–H and O–H groups in total. The number of rotatable bonds is 5.